The second kappa shape index (κ2) is 5.65. The number of hydrogen-bond acceptors (Lipinski definition) is 2. The van der Waals surface area contributed by atoms with Crippen molar-refractivity contribution in [3.05, 3.63) is 58.9 Å². The molecule has 92 valence electrons. The monoisotopic (exact) mass is 260 g/mol. The van der Waals surface area contributed by atoms with Gasteiger partial charge in [0, 0.05) is 22.6 Å². The van der Waals surface area contributed by atoms with Crippen LogP contribution >= 0.6 is 11.6 Å². The summed E-state index contributed by atoms with van der Waals surface area (Å²) in [6, 6.07) is 10.9. The third kappa shape index (κ3) is 3.31. The standard InChI is InChI=1S/C14H13ClN2O/c1-10-5-6-11(15)8-13(10)17-14(18)9-12-4-2-3-7-16-12/h2-8H,9H2,1H3,(H,17,18). The molecule has 0 atom stereocenters. The van der Waals surface area contributed by atoms with Gasteiger partial charge in [0.15, 0.2) is 0 Å². The molecule has 1 amide bonds. The number of halogens is 1. The van der Waals surface area contributed by atoms with E-state index in [2.05, 4.69) is 10.3 Å². The molecule has 2 aromatic rings. The Balaban J connectivity index is 2.05. The molecule has 1 heterocycles. The smallest absolute Gasteiger partial charge is 0.230 e. The molecule has 1 N–H and O–H groups in total. The molecule has 0 bridgehead atoms. The van der Waals surface area contributed by atoms with Gasteiger partial charge in [0.2, 0.25) is 5.91 Å². The van der Waals surface area contributed by atoms with Crippen LogP contribution in [-0.2, 0) is 11.2 Å². The highest BCUT2D eigenvalue weighted by atomic mass is 35.5. The van der Waals surface area contributed by atoms with Crippen molar-refractivity contribution in [1.29, 1.82) is 0 Å². The van der Waals surface area contributed by atoms with Crippen molar-refractivity contribution in [1.82, 2.24) is 4.98 Å². The van der Waals surface area contributed by atoms with Gasteiger partial charge in [-0.3, -0.25) is 9.78 Å². The van der Waals surface area contributed by atoms with Gasteiger partial charge in [0.05, 0.1) is 6.42 Å². The molecule has 0 spiro atoms. The Bertz CT molecular complexity index is 555. The molecule has 0 saturated carbocycles. The van der Waals surface area contributed by atoms with Crippen LogP contribution in [0.2, 0.25) is 5.02 Å². The maximum absolute atomic E-state index is 11.9. The van der Waals surface area contributed by atoms with E-state index in [1.165, 1.54) is 0 Å². The third-order valence-corrected chi connectivity index (χ3v) is 2.78. The molecule has 0 aliphatic heterocycles. The number of rotatable bonds is 3. The Kier molecular flexibility index (Phi) is 3.95. The lowest BCUT2D eigenvalue weighted by atomic mass is 10.2. The average molecular weight is 261 g/mol. The minimum atomic E-state index is -0.0981. The molecule has 3 nitrogen and oxygen atoms in total. The molecule has 4 heteroatoms. The van der Waals surface area contributed by atoms with Crippen molar-refractivity contribution in [2.75, 3.05) is 5.32 Å². The summed E-state index contributed by atoms with van der Waals surface area (Å²) in [4.78, 5) is 16.0. The summed E-state index contributed by atoms with van der Waals surface area (Å²) in [5.74, 6) is -0.0981. The highest BCUT2D eigenvalue weighted by Crippen LogP contribution is 2.20. The van der Waals surface area contributed by atoms with Crippen LogP contribution in [0.4, 0.5) is 5.69 Å². The van der Waals surface area contributed by atoms with Gasteiger partial charge in [-0.15, -0.1) is 0 Å². The van der Waals surface area contributed by atoms with E-state index in [0.717, 1.165) is 16.9 Å². The first-order chi connectivity index (χ1) is 8.65. The summed E-state index contributed by atoms with van der Waals surface area (Å²) in [5, 5.41) is 3.44. The lowest BCUT2D eigenvalue weighted by Crippen LogP contribution is -2.15. The lowest BCUT2D eigenvalue weighted by molar-refractivity contribution is -0.115. The van der Waals surface area contributed by atoms with Gasteiger partial charge >= 0.3 is 0 Å². The number of carbonyl (C=O) groups is 1. The average Bonchev–Trinajstić information content (AvgIpc) is 2.35. The molecule has 0 radical (unpaired) electrons. The largest absolute Gasteiger partial charge is 0.325 e. The van der Waals surface area contributed by atoms with E-state index in [4.69, 9.17) is 11.6 Å². The van der Waals surface area contributed by atoms with Gasteiger partial charge in [0.1, 0.15) is 0 Å². The minimum Gasteiger partial charge on any atom is -0.325 e. The fourth-order valence-electron chi connectivity index (χ4n) is 1.59. The summed E-state index contributed by atoms with van der Waals surface area (Å²) in [6.45, 7) is 1.92. The van der Waals surface area contributed by atoms with Crippen molar-refractivity contribution in [2.45, 2.75) is 13.3 Å². The lowest BCUT2D eigenvalue weighted by Gasteiger charge is -2.08. The van der Waals surface area contributed by atoms with Crippen LogP contribution in [0, 0.1) is 6.92 Å². The number of aromatic nitrogens is 1. The highest BCUT2D eigenvalue weighted by molar-refractivity contribution is 6.31. The van der Waals surface area contributed by atoms with E-state index in [0.29, 0.717) is 5.02 Å². The zero-order valence-corrected chi connectivity index (χ0v) is 10.7. The topological polar surface area (TPSA) is 42.0 Å². The quantitative estimate of drug-likeness (QED) is 0.921. The molecular formula is C14H13ClN2O. The van der Waals surface area contributed by atoms with Crippen LogP contribution in [0.3, 0.4) is 0 Å². The fraction of sp³-hybridized carbons (Fsp3) is 0.143. The van der Waals surface area contributed by atoms with Crippen molar-refractivity contribution < 1.29 is 4.79 Å². The number of pyridine rings is 1. The van der Waals surface area contributed by atoms with Gasteiger partial charge in [-0.2, -0.15) is 0 Å². The zero-order chi connectivity index (χ0) is 13.0. The molecule has 0 aliphatic carbocycles. The molecule has 1 aromatic heterocycles. The summed E-state index contributed by atoms with van der Waals surface area (Å²) < 4.78 is 0. The van der Waals surface area contributed by atoms with Gasteiger partial charge < -0.3 is 5.32 Å². The molecule has 0 aliphatic rings. The third-order valence-electron chi connectivity index (χ3n) is 2.54. The Morgan fingerprint density at radius 2 is 2.17 bits per heavy atom. The SMILES string of the molecule is Cc1ccc(Cl)cc1NC(=O)Cc1ccccn1. The number of amides is 1. The van der Waals surface area contributed by atoms with Crippen LogP contribution in [-0.4, -0.2) is 10.9 Å². The Labute approximate surface area is 111 Å². The number of anilines is 1. The minimum absolute atomic E-state index is 0.0981. The summed E-state index contributed by atoms with van der Waals surface area (Å²) in [6.07, 6.45) is 1.93. The molecule has 18 heavy (non-hydrogen) atoms. The first kappa shape index (κ1) is 12.6. The molecule has 0 fully saturated rings. The predicted molar refractivity (Wildman–Crippen MR) is 72.8 cm³/mol. The van der Waals surface area contributed by atoms with Gasteiger partial charge in [-0.25, -0.2) is 0 Å². The van der Waals surface area contributed by atoms with Crippen LogP contribution in [0.5, 0.6) is 0 Å². The van der Waals surface area contributed by atoms with Crippen molar-refractivity contribution in [3.63, 3.8) is 0 Å². The molecular weight excluding hydrogens is 248 g/mol. The van der Waals surface area contributed by atoms with Gasteiger partial charge in [-0.05, 0) is 36.8 Å². The molecule has 0 unspecified atom stereocenters. The maximum Gasteiger partial charge on any atom is 0.230 e. The van der Waals surface area contributed by atoms with Gasteiger partial charge in [-0.1, -0.05) is 23.7 Å². The number of nitrogens with one attached hydrogen (secondary N) is 1. The number of nitrogens with zero attached hydrogens (tertiary/aromatic N) is 1. The number of carbonyl (C=O) groups excluding carboxylic acids is 1. The Morgan fingerprint density at radius 3 is 2.89 bits per heavy atom. The first-order valence-electron chi connectivity index (χ1n) is 5.61. The summed E-state index contributed by atoms with van der Waals surface area (Å²) in [5.41, 5.74) is 2.46. The number of aryl methyl sites for hydroxylation is 1. The van der Waals surface area contributed by atoms with Crippen molar-refractivity contribution in [3.8, 4) is 0 Å². The summed E-state index contributed by atoms with van der Waals surface area (Å²) >= 11 is 5.90. The van der Waals surface area contributed by atoms with Crippen molar-refractivity contribution in [2.24, 2.45) is 0 Å². The van der Waals surface area contributed by atoms with Crippen LogP contribution < -0.4 is 5.32 Å². The number of hydrogen-bond donors (Lipinski definition) is 1. The Morgan fingerprint density at radius 1 is 1.33 bits per heavy atom. The maximum atomic E-state index is 11.9. The Hall–Kier alpha value is -1.87. The molecule has 1 aromatic carbocycles. The molecule has 2 rings (SSSR count). The first-order valence-corrected chi connectivity index (χ1v) is 5.99. The zero-order valence-electron chi connectivity index (χ0n) is 9.98. The van der Waals surface area contributed by atoms with E-state index >= 15 is 0 Å². The predicted octanol–water partition coefficient (Wildman–Crippen LogP) is 3.22. The van der Waals surface area contributed by atoms with Crippen LogP contribution in [0.1, 0.15) is 11.3 Å². The van der Waals surface area contributed by atoms with Crippen molar-refractivity contribution >= 4 is 23.2 Å². The van der Waals surface area contributed by atoms with Crippen LogP contribution in [0.25, 0.3) is 0 Å². The highest BCUT2D eigenvalue weighted by Gasteiger charge is 2.07. The second-order valence-corrected chi connectivity index (χ2v) is 4.44. The van der Waals surface area contributed by atoms with E-state index in [9.17, 15) is 4.79 Å². The van der Waals surface area contributed by atoms with E-state index in [1.807, 2.05) is 31.2 Å². The normalized spacial score (nSPS) is 10.1. The number of benzene rings is 1. The summed E-state index contributed by atoms with van der Waals surface area (Å²) in [7, 11) is 0. The van der Waals surface area contributed by atoms with Gasteiger partial charge in [0.25, 0.3) is 0 Å². The molecule has 0 saturated heterocycles. The van der Waals surface area contributed by atoms with E-state index in [1.54, 1.807) is 18.3 Å². The fourth-order valence-corrected chi connectivity index (χ4v) is 1.76. The van der Waals surface area contributed by atoms with Crippen LogP contribution in [0.15, 0.2) is 42.6 Å². The van der Waals surface area contributed by atoms with E-state index in [-0.39, 0.29) is 12.3 Å². The second-order valence-electron chi connectivity index (χ2n) is 4.01. The van der Waals surface area contributed by atoms with E-state index < -0.39 is 0 Å².